The van der Waals surface area contributed by atoms with Gasteiger partial charge in [-0.15, -0.1) is 6.58 Å². The smallest absolute Gasteiger partial charge is 0.261 e. The number of benzene rings is 2. The van der Waals surface area contributed by atoms with Gasteiger partial charge in [0, 0.05) is 5.56 Å². The Balaban J connectivity index is 2.16. The number of hydrogen-bond acceptors (Lipinski definition) is 3. The molecule has 0 bridgehead atoms. The standard InChI is InChI=1S/C20H25NO3S/c1-3-4-5-6-11-20(22)18-9-7-8-10-19(18)21-25(23,24)17-14-12-16(2)13-15-17/h3,7-10,12-15,20-22H,1,4-6,11H2,2H3. The van der Waals surface area contributed by atoms with Crippen LogP contribution in [0.4, 0.5) is 5.69 Å². The SMILES string of the molecule is C=CCCCCC(O)c1ccccc1NS(=O)(=O)c1ccc(C)cc1. The third-order valence-corrected chi connectivity index (χ3v) is 5.41. The van der Waals surface area contributed by atoms with Gasteiger partial charge in [-0.05, 0) is 44.4 Å². The van der Waals surface area contributed by atoms with E-state index in [2.05, 4.69) is 11.3 Å². The summed E-state index contributed by atoms with van der Waals surface area (Å²) in [6.07, 6.45) is 4.45. The van der Waals surface area contributed by atoms with E-state index in [1.165, 1.54) is 0 Å². The minimum absolute atomic E-state index is 0.202. The highest BCUT2D eigenvalue weighted by Crippen LogP contribution is 2.28. The molecular formula is C20H25NO3S. The van der Waals surface area contributed by atoms with Crippen LogP contribution in [-0.2, 0) is 10.0 Å². The van der Waals surface area contributed by atoms with E-state index in [0.717, 1.165) is 24.8 Å². The quantitative estimate of drug-likeness (QED) is 0.509. The minimum Gasteiger partial charge on any atom is -0.388 e. The van der Waals surface area contributed by atoms with Gasteiger partial charge in [-0.1, -0.05) is 48.4 Å². The van der Waals surface area contributed by atoms with Crippen LogP contribution in [0.15, 0.2) is 66.1 Å². The van der Waals surface area contributed by atoms with Crippen LogP contribution in [0.2, 0.25) is 0 Å². The number of para-hydroxylation sites is 1. The first-order valence-electron chi connectivity index (χ1n) is 8.41. The summed E-state index contributed by atoms with van der Waals surface area (Å²) < 4.78 is 27.8. The molecule has 5 heteroatoms. The van der Waals surface area contributed by atoms with Crippen molar-refractivity contribution in [2.45, 2.75) is 43.6 Å². The van der Waals surface area contributed by atoms with E-state index < -0.39 is 16.1 Å². The third-order valence-electron chi connectivity index (χ3n) is 4.03. The van der Waals surface area contributed by atoms with E-state index in [1.54, 1.807) is 48.5 Å². The molecule has 0 spiro atoms. The minimum atomic E-state index is -3.69. The zero-order chi connectivity index (χ0) is 18.3. The highest BCUT2D eigenvalue weighted by Gasteiger charge is 2.18. The van der Waals surface area contributed by atoms with E-state index in [0.29, 0.717) is 17.7 Å². The maximum Gasteiger partial charge on any atom is 0.261 e. The average Bonchev–Trinajstić information content (AvgIpc) is 2.59. The first-order chi connectivity index (χ1) is 11.9. The molecule has 0 aliphatic heterocycles. The lowest BCUT2D eigenvalue weighted by atomic mass is 10.0. The second-order valence-electron chi connectivity index (χ2n) is 6.09. The predicted molar refractivity (Wildman–Crippen MR) is 102 cm³/mol. The molecule has 134 valence electrons. The van der Waals surface area contributed by atoms with Gasteiger partial charge in [-0.25, -0.2) is 8.42 Å². The molecule has 0 aliphatic rings. The van der Waals surface area contributed by atoms with Crippen LogP contribution in [0.3, 0.4) is 0 Å². The lowest BCUT2D eigenvalue weighted by Crippen LogP contribution is -2.15. The number of unbranched alkanes of at least 4 members (excludes halogenated alkanes) is 2. The van der Waals surface area contributed by atoms with Gasteiger partial charge >= 0.3 is 0 Å². The molecule has 25 heavy (non-hydrogen) atoms. The maximum atomic E-state index is 12.6. The van der Waals surface area contributed by atoms with Crippen molar-refractivity contribution in [1.29, 1.82) is 0 Å². The molecule has 1 atom stereocenters. The summed E-state index contributed by atoms with van der Waals surface area (Å²) in [5.74, 6) is 0. The Hall–Kier alpha value is -2.11. The molecule has 2 N–H and O–H groups in total. The summed E-state index contributed by atoms with van der Waals surface area (Å²) in [5, 5.41) is 10.4. The van der Waals surface area contributed by atoms with Crippen molar-refractivity contribution in [1.82, 2.24) is 0 Å². The summed E-state index contributed by atoms with van der Waals surface area (Å²) in [4.78, 5) is 0.202. The van der Waals surface area contributed by atoms with Crippen LogP contribution in [0, 0.1) is 6.92 Å². The summed E-state index contributed by atoms with van der Waals surface area (Å²) in [6, 6.07) is 13.6. The normalized spacial score (nSPS) is 12.6. The lowest BCUT2D eigenvalue weighted by molar-refractivity contribution is 0.164. The second-order valence-corrected chi connectivity index (χ2v) is 7.78. The number of sulfonamides is 1. The van der Waals surface area contributed by atoms with Crippen LogP contribution in [0.1, 0.15) is 42.9 Å². The fourth-order valence-corrected chi connectivity index (χ4v) is 3.67. The molecular weight excluding hydrogens is 334 g/mol. The topological polar surface area (TPSA) is 66.4 Å². The molecule has 0 radical (unpaired) electrons. The molecule has 4 nitrogen and oxygen atoms in total. The van der Waals surface area contributed by atoms with E-state index in [1.807, 2.05) is 13.0 Å². The van der Waals surface area contributed by atoms with Crippen LogP contribution in [0.25, 0.3) is 0 Å². The molecule has 2 rings (SSSR count). The third kappa shape index (κ3) is 5.44. The lowest BCUT2D eigenvalue weighted by Gasteiger charge is -2.17. The number of aliphatic hydroxyl groups is 1. The van der Waals surface area contributed by atoms with Crippen molar-refractivity contribution in [2.75, 3.05) is 4.72 Å². The van der Waals surface area contributed by atoms with Crippen molar-refractivity contribution in [3.8, 4) is 0 Å². The van der Waals surface area contributed by atoms with Gasteiger partial charge in [0.2, 0.25) is 0 Å². The van der Waals surface area contributed by atoms with E-state index in [4.69, 9.17) is 0 Å². The molecule has 1 unspecified atom stereocenters. The van der Waals surface area contributed by atoms with Crippen LogP contribution in [-0.4, -0.2) is 13.5 Å². The van der Waals surface area contributed by atoms with Crippen molar-refractivity contribution in [2.24, 2.45) is 0 Å². The fraction of sp³-hybridized carbons (Fsp3) is 0.300. The highest BCUT2D eigenvalue weighted by molar-refractivity contribution is 7.92. The zero-order valence-corrected chi connectivity index (χ0v) is 15.3. The Bertz CT molecular complexity index is 798. The van der Waals surface area contributed by atoms with Crippen molar-refractivity contribution >= 4 is 15.7 Å². The number of aliphatic hydroxyl groups excluding tert-OH is 1. The second kappa shape index (κ2) is 8.83. The van der Waals surface area contributed by atoms with Crippen molar-refractivity contribution in [3.63, 3.8) is 0 Å². The van der Waals surface area contributed by atoms with Gasteiger partial charge in [0.25, 0.3) is 10.0 Å². The van der Waals surface area contributed by atoms with Crippen LogP contribution >= 0.6 is 0 Å². The predicted octanol–water partition coefficient (Wildman–Crippen LogP) is 4.58. The Morgan fingerprint density at radius 1 is 1.12 bits per heavy atom. The van der Waals surface area contributed by atoms with E-state index in [9.17, 15) is 13.5 Å². The van der Waals surface area contributed by atoms with Crippen LogP contribution in [0.5, 0.6) is 0 Å². The number of aryl methyl sites for hydroxylation is 1. The Kier molecular flexibility index (Phi) is 6.79. The Morgan fingerprint density at radius 2 is 1.80 bits per heavy atom. The highest BCUT2D eigenvalue weighted by atomic mass is 32.2. The largest absolute Gasteiger partial charge is 0.388 e. The number of nitrogens with one attached hydrogen (secondary N) is 1. The first kappa shape index (κ1) is 19.2. The van der Waals surface area contributed by atoms with E-state index >= 15 is 0 Å². The summed E-state index contributed by atoms with van der Waals surface area (Å²) in [6.45, 7) is 5.59. The number of anilines is 1. The molecule has 0 aromatic heterocycles. The van der Waals surface area contributed by atoms with E-state index in [-0.39, 0.29) is 4.90 Å². The number of hydrogen-bond donors (Lipinski definition) is 2. The van der Waals surface area contributed by atoms with Crippen LogP contribution < -0.4 is 4.72 Å². The average molecular weight is 359 g/mol. The number of allylic oxidation sites excluding steroid dienone is 1. The maximum absolute atomic E-state index is 12.6. The summed E-state index contributed by atoms with van der Waals surface area (Å²) in [5.41, 5.74) is 2.00. The van der Waals surface area contributed by atoms with Gasteiger partial charge < -0.3 is 5.11 Å². The van der Waals surface area contributed by atoms with Gasteiger partial charge in [-0.3, -0.25) is 4.72 Å². The molecule has 2 aromatic carbocycles. The molecule has 0 saturated heterocycles. The fourth-order valence-electron chi connectivity index (χ4n) is 2.58. The first-order valence-corrected chi connectivity index (χ1v) is 9.90. The van der Waals surface area contributed by atoms with Gasteiger partial charge in [0.15, 0.2) is 0 Å². The van der Waals surface area contributed by atoms with Crippen molar-refractivity contribution < 1.29 is 13.5 Å². The number of rotatable bonds is 9. The zero-order valence-electron chi connectivity index (χ0n) is 14.5. The van der Waals surface area contributed by atoms with Gasteiger partial charge in [0.1, 0.15) is 0 Å². The molecule has 0 aliphatic carbocycles. The molecule has 0 amide bonds. The molecule has 0 fully saturated rings. The van der Waals surface area contributed by atoms with Crippen molar-refractivity contribution in [3.05, 3.63) is 72.3 Å². The Labute approximate surface area is 150 Å². The molecule has 0 heterocycles. The van der Waals surface area contributed by atoms with Gasteiger partial charge in [0.05, 0.1) is 16.7 Å². The monoisotopic (exact) mass is 359 g/mol. The summed E-state index contributed by atoms with van der Waals surface area (Å²) in [7, 11) is -3.69. The van der Waals surface area contributed by atoms with Gasteiger partial charge in [-0.2, -0.15) is 0 Å². The molecule has 0 saturated carbocycles. The summed E-state index contributed by atoms with van der Waals surface area (Å²) >= 11 is 0. The Morgan fingerprint density at radius 3 is 2.48 bits per heavy atom. The molecule has 2 aromatic rings.